The van der Waals surface area contributed by atoms with E-state index >= 15 is 0 Å². The normalized spacial score (nSPS) is 23.4. The highest BCUT2D eigenvalue weighted by molar-refractivity contribution is 5.88. The molecule has 4 nitrogen and oxygen atoms in total. The van der Waals surface area contributed by atoms with Gasteiger partial charge in [0.1, 0.15) is 11.5 Å². The fourth-order valence-electron chi connectivity index (χ4n) is 2.44. The molecule has 0 amide bonds. The average Bonchev–Trinajstić information content (AvgIpc) is 2.38. The fourth-order valence-corrected chi connectivity index (χ4v) is 2.44. The number of carbonyl (C=O) groups is 1. The van der Waals surface area contributed by atoms with Gasteiger partial charge in [-0.05, 0) is 31.8 Å². The van der Waals surface area contributed by atoms with E-state index in [9.17, 15) is 4.79 Å². The summed E-state index contributed by atoms with van der Waals surface area (Å²) in [6, 6.07) is 0.240. The van der Waals surface area contributed by atoms with Crippen LogP contribution in [0.5, 0.6) is 0 Å². The first kappa shape index (κ1) is 12.0. The summed E-state index contributed by atoms with van der Waals surface area (Å²) in [4.78, 5) is 11.6. The Morgan fingerprint density at radius 2 is 2.35 bits per heavy atom. The van der Waals surface area contributed by atoms with Crippen molar-refractivity contribution in [2.24, 2.45) is 0 Å². The number of ether oxygens (including phenoxy) is 2. The maximum atomic E-state index is 11.6. The molecule has 2 rings (SSSR count). The van der Waals surface area contributed by atoms with E-state index in [1.54, 1.807) is 6.08 Å². The van der Waals surface area contributed by atoms with Gasteiger partial charge in [-0.1, -0.05) is 6.42 Å². The molecule has 1 heterocycles. The van der Waals surface area contributed by atoms with Crippen LogP contribution in [-0.2, 0) is 14.3 Å². The molecule has 0 radical (unpaired) electrons. The third-order valence-corrected chi connectivity index (χ3v) is 3.24. The fraction of sp³-hybridized carbons (Fsp3) is 0.615. The van der Waals surface area contributed by atoms with E-state index in [1.165, 1.54) is 25.5 Å². The van der Waals surface area contributed by atoms with Crippen molar-refractivity contribution in [1.29, 1.82) is 0 Å². The van der Waals surface area contributed by atoms with Gasteiger partial charge in [0.05, 0.1) is 19.8 Å². The number of dihydropyridines is 1. The highest BCUT2D eigenvalue weighted by Crippen LogP contribution is 2.31. The van der Waals surface area contributed by atoms with E-state index < -0.39 is 0 Å². The van der Waals surface area contributed by atoms with Gasteiger partial charge in [-0.15, -0.1) is 0 Å². The van der Waals surface area contributed by atoms with Gasteiger partial charge in [0.15, 0.2) is 0 Å². The molecule has 0 spiro atoms. The summed E-state index contributed by atoms with van der Waals surface area (Å²) in [6.45, 7) is 2.58. The number of allylic oxidation sites excluding steroid dienone is 1. The standard InChI is InChI=1S/C13H19NO3/c1-3-17-12-8-11(13(15)16-2)14-10-7-5-4-6-9(10)12/h8,10,14H,3-7H2,1-2H3. The lowest BCUT2D eigenvalue weighted by molar-refractivity contribution is -0.136. The molecule has 0 saturated heterocycles. The smallest absolute Gasteiger partial charge is 0.354 e. The second kappa shape index (κ2) is 5.25. The molecule has 4 heteroatoms. The van der Waals surface area contributed by atoms with Gasteiger partial charge in [-0.2, -0.15) is 0 Å². The molecule has 2 aliphatic rings. The number of fused-ring (bicyclic) bond motifs is 1. The Labute approximate surface area is 102 Å². The number of hydrogen-bond acceptors (Lipinski definition) is 4. The van der Waals surface area contributed by atoms with Crippen molar-refractivity contribution >= 4 is 5.97 Å². The Hall–Kier alpha value is -1.45. The Kier molecular flexibility index (Phi) is 3.71. The van der Waals surface area contributed by atoms with Crippen LogP contribution < -0.4 is 5.32 Å². The minimum atomic E-state index is -0.327. The maximum Gasteiger partial charge on any atom is 0.354 e. The third kappa shape index (κ3) is 2.46. The summed E-state index contributed by atoms with van der Waals surface area (Å²) in [5.74, 6) is 0.531. The molecule has 94 valence electrons. The monoisotopic (exact) mass is 237 g/mol. The van der Waals surface area contributed by atoms with E-state index in [0.717, 1.165) is 18.6 Å². The predicted molar refractivity (Wildman–Crippen MR) is 64.1 cm³/mol. The largest absolute Gasteiger partial charge is 0.494 e. The topological polar surface area (TPSA) is 47.6 Å². The zero-order chi connectivity index (χ0) is 12.3. The molecule has 1 saturated carbocycles. The molecule has 0 aromatic carbocycles. The molecular formula is C13H19NO3. The second-order valence-electron chi connectivity index (χ2n) is 4.31. The number of hydrogen-bond donors (Lipinski definition) is 1. The summed E-state index contributed by atoms with van der Waals surface area (Å²) in [5, 5.41) is 3.24. The number of nitrogens with one attached hydrogen (secondary N) is 1. The minimum Gasteiger partial charge on any atom is -0.494 e. The van der Waals surface area contributed by atoms with Gasteiger partial charge in [-0.25, -0.2) is 4.79 Å². The van der Waals surface area contributed by atoms with E-state index in [0.29, 0.717) is 12.3 Å². The van der Waals surface area contributed by atoms with Crippen LogP contribution >= 0.6 is 0 Å². The zero-order valence-corrected chi connectivity index (χ0v) is 10.4. The van der Waals surface area contributed by atoms with Gasteiger partial charge >= 0.3 is 5.97 Å². The predicted octanol–water partition coefficient (Wildman–Crippen LogP) is 1.88. The van der Waals surface area contributed by atoms with E-state index in [4.69, 9.17) is 9.47 Å². The molecule has 1 aliphatic heterocycles. The number of rotatable bonds is 3. The van der Waals surface area contributed by atoms with Crippen molar-refractivity contribution in [3.05, 3.63) is 23.1 Å². The highest BCUT2D eigenvalue weighted by atomic mass is 16.5. The quantitative estimate of drug-likeness (QED) is 0.761. The molecule has 0 bridgehead atoms. The SMILES string of the molecule is CCOC1=C2CCCCC2NC(C(=O)OC)=C1. The molecule has 0 aromatic rings. The first-order chi connectivity index (χ1) is 8.26. The Balaban J connectivity index is 2.28. The van der Waals surface area contributed by atoms with Gasteiger partial charge in [0, 0.05) is 6.08 Å². The molecule has 0 aromatic heterocycles. The van der Waals surface area contributed by atoms with Crippen molar-refractivity contribution in [2.45, 2.75) is 38.6 Å². The van der Waals surface area contributed by atoms with Crippen LogP contribution in [0.2, 0.25) is 0 Å². The summed E-state index contributed by atoms with van der Waals surface area (Å²) in [7, 11) is 1.39. The van der Waals surface area contributed by atoms with Gasteiger partial charge in [0.2, 0.25) is 0 Å². The average molecular weight is 237 g/mol. The van der Waals surface area contributed by atoms with Crippen LogP contribution in [0.4, 0.5) is 0 Å². The molecule has 1 atom stereocenters. The number of esters is 1. The van der Waals surface area contributed by atoms with E-state index in [1.807, 2.05) is 6.92 Å². The second-order valence-corrected chi connectivity index (χ2v) is 4.31. The first-order valence-electron chi connectivity index (χ1n) is 6.18. The zero-order valence-electron chi connectivity index (χ0n) is 10.4. The van der Waals surface area contributed by atoms with Crippen molar-refractivity contribution in [1.82, 2.24) is 5.32 Å². The Bertz CT molecular complexity index is 371. The molecule has 1 N–H and O–H groups in total. The lowest BCUT2D eigenvalue weighted by atomic mass is 9.87. The van der Waals surface area contributed by atoms with Gasteiger partial charge in [-0.3, -0.25) is 0 Å². The summed E-state index contributed by atoms with van der Waals surface area (Å²) in [5.41, 5.74) is 1.80. The first-order valence-corrected chi connectivity index (χ1v) is 6.18. The molecule has 1 aliphatic carbocycles. The van der Waals surface area contributed by atoms with Crippen LogP contribution in [-0.4, -0.2) is 25.7 Å². The van der Waals surface area contributed by atoms with Crippen LogP contribution in [0.3, 0.4) is 0 Å². The van der Waals surface area contributed by atoms with Crippen molar-refractivity contribution in [3.63, 3.8) is 0 Å². The molecule has 17 heavy (non-hydrogen) atoms. The molecule has 1 unspecified atom stereocenters. The van der Waals surface area contributed by atoms with Gasteiger partial charge < -0.3 is 14.8 Å². The lowest BCUT2D eigenvalue weighted by Gasteiger charge is -2.32. The minimum absolute atomic E-state index is 0.240. The lowest BCUT2D eigenvalue weighted by Crippen LogP contribution is -2.39. The number of methoxy groups -OCH3 is 1. The Morgan fingerprint density at radius 3 is 3.06 bits per heavy atom. The Morgan fingerprint density at radius 1 is 1.53 bits per heavy atom. The summed E-state index contributed by atoms with van der Waals surface area (Å²) in [6.07, 6.45) is 6.27. The van der Waals surface area contributed by atoms with Gasteiger partial charge in [0.25, 0.3) is 0 Å². The van der Waals surface area contributed by atoms with E-state index in [-0.39, 0.29) is 12.0 Å². The van der Waals surface area contributed by atoms with Crippen molar-refractivity contribution in [2.75, 3.05) is 13.7 Å². The third-order valence-electron chi connectivity index (χ3n) is 3.24. The van der Waals surface area contributed by atoms with Crippen LogP contribution in [0.25, 0.3) is 0 Å². The van der Waals surface area contributed by atoms with Crippen molar-refractivity contribution < 1.29 is 14.3 Å². The maximum absolute atomic E-state index is 11.6. The van der Waals surface area contributed by atoms with E-state index in [2.05, 4.69) is 5.32 Å². The van der Waals surface area contributed by atoms with Crippen molar-refractivity contribution in [3.8, 4) is 0 Å². The number of carbonyl (C=O) groups excluding carboxylic acids is 1. The molecular weight excluding hydrogens is 218 g/mol. The molecule has 1 fully saturated rings. The van der Waals surface area contributed by atoms with Crippen LogP contribution in [0, 0.1) is 0 Å². The van der Waals surface area contributed by atoms with Crippen LogP contribution in [0.1, 0.15) is 32.6 Å². The highest BCUT2D eigenvalue weighted by Gasteiger charge is 2.29. The summed E-state index contributed by atoms with van der Waals surface area (Å²) >= 11 is 0. The summed E-state index contributed by atoms with van der Waals surface area (Å²) < 4.78 is 10.4. The van der Waals surface area contributed by atoms with Crippen LogP contribution in [0.15, 0.2) is 23.1 Å².